The van der Waals surface area contributed by atoms with Crippen LogP contribution in [0.25, 0.3) is 0 Å². The average Bonchev–Trinajstić information content (AvgIpc) is 3.00. The van der Waals surface area contributed by atoms with E-state index in [1.165, 1.54) is 12.8 Å². The molecule has 0 aromatic carbocycles. The van der Waals surface area contributed by atoms with Crippen LogP contribution in [0.4, 0.5) is 11.6 Å². The highest BCUT2D eigenvalue weighted by atomic mass is 16.1. The standard InChI is InChI=1S/C36H40N8O2/c45-31(21-27-8-2-10-35(37-27)43-16-4-17-43)23-29-12-14-33(41-39-29)25-6-1-7-26(20-25)34-15-13-30(40-42-34)24-32(46)22-28-9-3-11-36(38-28)44-18-5-19-44/h2-3,8-15,25-26H,1,4-7,16-24H2/t25-,26-/m0/s1. The summed E-state index contributed by atoms with van der Waals surface area (Å²) in [5, 5.41) is 17.9. The summed E-state index contributed by atoms with van der Waals surface area (Å²) in [6, 6.07) is 19.7. The van der Waals surface area contributed by atoms with E-state index in [-0.39, 0.29) is 36.2 Å². The van der Waals surface area contributed by atoms with Crippen LogP contribution < -0.4 is 9.80 Å². The number of hydrogen-bond acceptors (Lipinski definition) is 10. The first-order chi connectivity index (χ1) is 22.6. The van der Waals surface area contributed by atoms with E-state index in [4.69, 9.17) is 0 Å². The quantitative estimate of drug-likeness (QED) is 0.223. The topological polar surface area (TPSA) is 118 Å². The molecule has 4 aromatic heterocycles. The minimum absolute atomic E-state index is 0.0878. The van der Waals surface area contributed by atoms with Crippen LogP contribution in [0, 0.1) is 0 Å². The second-order valence-electron chi connectivity index (χ2n) is 12.9. The molecule has 3 fully saturated rings. The van der Waals surface area contributed by atoms with Crippen LogP contribution >= 0.6 is 0 Å². The number of hydrogen-bond donors (Lipinski definition) is 0. The fraction of sp³-hybridized carbons (Fsp3) is 0.444. The van der Waals surface area contributed by atoms with Gasteiger partial charge in [-0.25, -0.2) is 9.97 Å². The van der Waals surface area contributed by atoms with E-state index in [1.807, 2.05) is 60.7 Å². The minimum Gasteiger partial charge on any atom is -0.356 e. The average molecular weight is 617 g/mol. The van der Waals surface area contributed by atoms with Gasteiger partial charge in [0.25, 0.3) is 0 Å². The van der Waals surface area contributed by atoms with Gasteiger partial charge in [0.1, 0.15) is 23.2 Å². The molecule has 3 aliphatic rings. The van der Waals surface area contributed by atoms with Gasteiger partial charge in [-0.2, -0.15) is 20.4 Å². The Morgan fingerprint density at radius 1 is 0.543 bits per heavy atom. The molecule has 0 unspecified atom stereocenters. The lowest BCUT2D eigenvalue weighted by molar-refractivity contribution is -0.118. The predicted molar refractivity (Wildman–Crippen MR) is 175 cm³/mol. The summed E-state index contributed by atoms with van der Waals surface area (Å²) < 4.78 is 0. The van der Waals surface area contributed by atoms with E-state index in [9.17, 15) is 9.59 Å². The maximum absolute atomic E-state index is 12.8. The Balaban J connectivity index is 0.900. The number of rotatable bonds is 12. The van der Waals surface area contributed by atoms with Crippen molar-refractivity contribution in [1.82, 2.24) is 30.4 Å². The summed E-state index contributed by atoms with van der Waals surface area (Å²) in [7, 11) is 0. The van der Waals surface area contributed by atoms with Gasteiger partial charge >= 0.3 is 0 Å². The van der Waals surface area contributed by atoms with E-state index >= 15 is 0 Å². The third kappa shape index (κ3) is 7.27. The number of Topliss-reactive ketones (excluding diaryl/α,β-unsaturated/α-hetero) is 2. The van der Waals surface area contributed by atoms with Gasteiger partial charge in [0.05, 0.1) is 47.0 Å². The number of anilines is 2. The van der Waals surface area contributed by atoms with Crippen LogP contribution in [-0.4, -0.2) is 68.1 Å². The van der Waals surface area contributed by atoms with Gasteiger partial charge in [0, 0.05) is 50.9 Å². The first-order valence-corrected chi connectivity index (χ1v) is 16.7. The SMILES string of the molecule is O=C(Cc1ccc([C@H]2CCC[C@H](c3ccc(CC(=O)Cc4cccc(N5CCC5)n4)nn3)C2)nn1)Cc1cccc(N2CCC2)n1. The van der Waals surface area contributed by atoms with Crippen molar-refractivity contribution in [3.63, 3.8) is 0 Å². The van der Waals surface area contributed by atoms with Crippen LogP contribution in [0.5, 0.6) is 0 Å². The van der Waals surface area contributed by atoms with Crippen molar-refractivity contribution in [2.24, 2.45) is 0 Å². The minimum atomic E-state index is 0.0878. The van der Waals surface area contributed by atoms with E-state index in [1.54, 1.807) is 0 Å². The van der Waals surface area contributed by atoms with Crippen LogP contribution in [0.1, 0.15) is 84.5 Å². The molecule has 0 spiro atoms. The van der Waals surface area contributed by atoms with Gasteiger partial charge in [-0.05, 0) is 80.6 Å². The maximum Gasteiger partial charge on any atom is 0.144 e. The van der Waals surface area contributed by atoms with Crippen molar-refractivity contribution >= 4 is 23.2 Å². The Hall–Kier alpha value is -4.60. The number of nitrogens with zero attached hydrogens (tertiary/aromatic N) is 8. The molecule has 0 radical (unpaired) electrons. The Morgan fingerprint density at radius 3 is 1.39 bits per heavy atom. The number of ketones is 2. The predicted octanol–water partition coefficient (Wildman–Crippen LogP) is 4.63. The number of carbonyl (C=O) groups is 2. The lowest BCUT2D eigenvalue weighted by atomic mass is 9.78. The molecule has 2 aliphatic heterocycles. The van der Waals surface area contributed by atoms with E-state index in [2.05, 4.69) is 40.2 Å². The van der Waals surface area contributed by atoms with Crippen molar-refractivity contribution in [1.29, 1.82) is 0 Å². The Kier molecular flexibility index (Phi) is 9.03. The fourth-order valence-electron chi connectivity index (χ4n) is 6.60. The molecule has 1 saturated carbocycles. The van der Waals surface area contributed by atoms with Crippen molar-refractivity contribution in [2.75, 3.05) is 36.0 Å². The number of aromatic nitrogens is 6. The van der Waals surface area contributed by atoms with E-state index < -0.39 is 0 Å². The second kappa shape index (κ2) is 13.8. The van der Waals surface area contributed by atoms with Crippen molar-refractivity contribution < 1.29 is 9.59 Å². The molecule has 1 aliphatic carbocycles. The monoisotopic (exact) mass is 616 g/mol. The van der Waals surface area contributed by atoms with Crippen LogP contribution in [0.2, 0.25) is 0 Å². The molecule has 0 bridgehead atoms. The third-order valence-corrected chi connectivity index (χ3v) is 9.45. The summed E-state index contributed by atoms with van der Waals surface area (Å²) >= 11 is 0. The summed E-state index contributed by atoms with van der Waals surface area (Å²) in [6.07, 6.45) is 7.60. The van der Waals surface area contributed by atoms with Gasteiger partial charge in [-0.3, -0.25) is 9.59 Å². The van der Waals surface area contributed by atoms with Gasteiger partial charge in [-0.15, -0.1) is 0 Å². The van der Waals surface area contributed by atoms with Crippen molar-refractivity contribution in [2.45, 2.75) is 76.0 Å². The molecular weight excluding hydrogens is 576 g/mol. The normalized spacial score (nSPS) is 19.3. The molecule has 10 nitrogen and oxygen atoms in total. The molecule has 4 aromatic rings. The van der Waals surface area contributed by atoms with Gasteiger partial charge < -0.3 is 9.80 Å². The number of carbonyl (C=O) groups excluding carboxylic acids is 2. The zero-order valence-corrected chi connectivity index (χ0v) is 26.2. The van der Waals surface area contributed by atoms with Gasteiger partial charge in [0.2, 0.25) is 0 Å². The zero-order valence-electron chi connectivity index (χ0n) is 26.2. The zero-order chi connectivity index (χ0) is 31.3. The van der Waals surface area contributed by atoms with Gasteiger partial charge in [-0.1, -0.05) is 18.6 Å². The molecule has 6 heterocycles. The number of pyridine rings is 2. The molecule has 236 valence electrons. The highest BCUT2D eigenvalue weighted by Gasteiger charge is 2.27. The Morgan fingerprint density at radius 2 is 1.00 bits per heavy atom. The smallest absolute Gasteiger partial charge is 0.144 e. The van der Waals surface area contributed by atoms with Crippen molar-refractivity contribution in [3.05, 3.63) is 94.8 Å². The first-order valence-electron chi connectivity index (χ1n) is 16.7. The molecule has 2 atom stereocenters. The van der Waals surface area contributed by atoms with E-state index in [0.717, 1.165) is 86.3 Å². The Labute approximate surface area is 269 Å². The molecule has 2 saturated heterocycles. The molecule has 0 amide bonds. The first kappa shape index (κ1) is 30.1. The third-order valence-electron chi connectivity index (χ3n) is 9.45. The lowest BCUT2D eigenvalue weighted by Crippen LogP contribution is -2.37. The van der Waals surface area contributed by atoms with Crippen molar-refractivity contribution in [3.8, 4) is 0 Å². The second-order valence-corrected chi connectivity index (χ2v) is 12.9. The van der Waals surface area contributed by atoms with Gasteiger partial charge in [0.15, 0.2) is 0 Å². The summed E-state index contributed by atoms with van der Waals surface area (Å²) in [6.45, 7) is 4.13. The Bertz CT molecular complexity index is 1550. The maximum atomic E-state index is 12.8. The highest BCUT2D eigenvalue weighted by molar-refractivity contribution is 5.83. The van der Waals surface area contributed by atoms with Crippen LogP contribution in [0.15, 0.2) is 60.7 Å². The molecule has 7 rings (SSSR count). The van der Waals surface area contributed by atoms with E-state index in [0.29, 0.717) is 24.2 Å². The summed E-state index contributed by atoms with van der Waals surface area (Å²) in [5.41, 5.74) is 4.91. The molecular formula is C36H40N8O2. The molecule has 0 N–H and O–H groups in total. The molecule has 46 heavy (non-hydrogen) atoms. The largest absolute Gasteiger partial charge is 0.356 e. The summed E-state index contributed by atoms with van der Waals surface area (Å²) in [5.74, 6) is 2.65. The van der Waals surface area contributed by atoms with Crippen LogP contribution in [-0.2, 0) is 35.3 Å². The fourth-order valence-corrected chi connectivity index (χ4v) is 6.60. The summed E-state index contributed by atoms with van der Waals surface area (Å²) in [4.78, 5) is 39.4. The lowest BCUT2D eigenvalue weighted by Gasteiger charge is -2.32. The van der Waals surface area contributed by atoms with Crippen LogP contribution in [0.3, 0.4) is 0 Å². The highest BCUT2D eigenvalue weighted by Crippen LogP contribution is 2.39. The molecule has 10 heteroatoms.